The van der Waals surface area contributed by atoms with E-state index in [0.717, 1.165) is 5.01 Å². The van der Waals surface area contributed by atoms with Crippen molar-refractivity contribution in [2.75, 3.05) is 12.1 Å². The third-order valence-electron chi connectivity index (χ3n) is 3.99. The van der Waals surface area contributed by atoms with Crippen LogP contribution in [0.25, 0.3) is 6.08 Å². The number of rotatable bonds is 5. The first-order valence-corrected chi connectivity index (χ1v) is 8.24. The second kappa shape index (κ2) is 8.10. The average molecular weight is 390 g/mol. The van der Waals surface area contributed by atoms with Gasteiger partial charge in [-0.3, -0.25) is 4.79 Å². The highest BCUT2D eigenvalue weighted by atomic mass is 16.5. The van der Waals surface area contributed by atoms with Crippen LogP contribution in [0, 0.1) is 12.5 Å². The number of hydrazone groups is 1. The monoisotopic (exact) mass is 390 g/mol. The Morgan fingerprint density at radius 2 is 1.93 bits per heavy atom. The number of carboxylic acids is 1. The van der Waals surface area contributed by atoms with Crippen LogP contribution in [0.2, 0.25) is 0 Å². The van der Waals surface area contributed by atoms with E-state index in [2.05, 4.69) is 9.84 Å². The second-order valence-electron chi connectivity index (χ2n) is 5.76. The molecule has 0 aliphatic carbocycles. The van der Waals surface area contributed by atoms with Crippen molar-refractivity contribution in [1.82, 2.24) is 0 Å². The van der Waals surface area contributed by atoms with Gasteiger partial charge in [-0.05, 0) is 42.0 Å². The highest BCUT2D eigenvalue weighted by Gasteiger charge is 2.36. The number of aromatic carboxylic acids is 1. The summed E-state index contributed by atoms with van der Waals surface area (Å²) in [6.45, 7) is 0. The zero-order valence-electron chi connectivity index (χ0n) is 15.2. The Hall–Kier alpha value is -4.38. The van der Waals surface area contributed by atoms with E-state index in [0.29, 0.717) is 11.3 Å². The molecule has 0 fully saturated rings. The largest absolute Gasteiger partial charge is 0.497 e. The van der Waals surface area contributed by atoms with Crippen LogP contribution in [0.1, 0.15) is 15.9 Å². The van der Waals surface area contributed by atoms with Crippen LogP contribution in [0.5, 0.6) is 5.75 Å². The van der Waals surface area contributed by atoms with Crippen LogP contribution < -0.4 is 9.75 Å². The van der Waals surface area contributed by atoms with Crippen molar-refractivity contribution in [3.63, 3.8) is 0 Å². The molecule has 1 aliphatic heterocycles. The molecule has 1 amide bonds. The quantitative estimate of drug-likeness (QED) is 0.477. The molecule has 0 spiro atoms. The molecule has 0 saturated heterocycles. The minimum Gasteiger partial charge on any atom is -0.497 e. The van der Waals surface area contributed by atoms with Crippen LogP contribution in [0.15, 0.2) is 59.2 Å². The molecule has 1 aliphatic rings. The van der Waals surface area contributed by atoms with Crippen molar-refractivity contribution in [3.05, 3.63) is 65.2 Å². The maximum atomic E-state index is 12.9. The fraction of sp³-hybridized carbons (Fsp3) is 0.0476. The molecule has 3 rings (SSSR count). The maximum Gasteiger partial charge on any atom is 0.373 e. The molecule has 0 bridgehead atoms. The number of ether oxygens (including phenoxy) is 2. The molecule has 1 N–H and O–H groups in total. The van der Waals surface area contributed by atoms with Crippen molar-refractivity contribution in [2.45, 2.75) is 0 Å². The van der Waals surface area contributed by atoms with Crippen LogP contribution >= 0.6 is 0 Å². The first-order chi connectivity index (χ1) is 13.9. The minimum absolute atomic E-state index is 0.0363. The van der Waals surface area contributed by atoms with Crippen LogP contribution in [0.4, 0.5) is 5.69 Å². The minimum atomic E-state index is -1.16. The van der Waals surface area contributed by atoms with Crippen molar-refractivity contribution in [3.8, 4) is 18.3 Å². The number of carbonyl (C=O) groups is 3. The van der Waals surface area contributed by atoms with Crippen LogP contribution in [0.3, 0.4) is 0 Å². The van der Waals surface area contributed by atoms with E-state index in [1.807, 2.05) is 0 Å². The number of hydrogen-bond acceptors (Lipinski definition) is 6. The van der Waals surface area contributed by atoms with Crippen LogP contribution in [-0.4, -0.2) is 35.8 Å². The highest BCUT2D eigenvalue weighted by molar-refractivity contribution is 6.54. The summed E-state index contributed by atoms with van der Waals surface area (Å²) in [5, 5.41) is 14.1. The number of carboxylic acid groups (broad SMARTS) is 1. The van der Waals surface area contributed by atoms with Gasteiger partial charge in [-0.15, -0.1) is 0 Å². The Morgan fingerprint density at radius 3 is 2.55 bits per heavy atom. The molecule has 0 saturated carbocycles. The fourth-order valence-corrected chi connectivity index (χ4v) is 2.61. The lowest BCUT2D eigenvalue weighted by Gasteiger charge is -2.12. The molecule has 0 unspecified atom stereocenters. The third kappa shape index (κ3) is 3.99. The van der Waals surface area contributed by atoms with E-state index < -0.39 is 17.8 Å². The van der Waals surface area contributed by atoms with E-state index in [1.165, 1.54) is 37.5 Å². The van der Waals surface area contributed by atoms with Gasteiger partial charge >= 0.3 is 11.9 Å². The van der Waals surface area contributed by atoms with E-state index in [-0.39, 0.29) is 22.5 Å². The predicted molar refractivity (Wildman–Crippen MR) is 104 cm³/mol. The molecule has 2 aromatic carbocycles. The van der Waals surface area contributed by atoms with E-state index in [1.54, 1.807) is 30.4 Å². The van der Waals surface area contributed by atoms with Crippen molar-refractivity contribution < 1.29 is 29.0 Å². The molecule has 0 atom stereocenters. The van der Waals surface area contributed by atoms with Gasteiger partial charge in [0.05, 0.1) is 23.9 Å². The Kier molecular flexibility index (Phi) is 5.42. The Labute approximate surface area is 165 Å². The summed E-state index contributed by atoms with van der Waals surface area (Å²) in [6.07, 6.45) is 8.23. The summed E-state index contributed by atoms with van der Waals surface area (Å²) in [4.78, 5) is 36.4. The van der Waals surface area contributed by atoms with Gasteiger partial charge in [-0.25, -0.2) is 9.59 Å². The Balaban J connectivity index is 2.05. The van der Waals surface area contributed by atoms with E-state index >= 15 is 0 Å². The summed E-state index contributed by atoms with van der Waals surface area (Å²) in [7, 11) is 1.53. The SMILES string of the molecule is C#COC(=O)C1=NN(c2cccc(C(=O)O)c2)C(=O)C1=Cc1ccc(OC)cc1. The number of esters is 1. The first kappa shape index (κ1) is 19.4. The highest BCUT2D eigenvalue weighted by Crippen LogP contribution is 2.27. The number of nitrogens with zero attached hydrogens (tertiary/aromatic N) is 2. The van der Waals surface area contributed by atoms with Crippen molar-refractivity contribution in [2.24, 2.45) is 5.10 Å². The summed E-state index contributed by atoms with van der Waals surface area (Å²) >= 11 is 0. The smallest absolute Gasteiger partial charge is 0.373 e. The normalized spacial score (nSPS) is 14.3. The zero-order valence-corrected chi connectivity index (χ0v) is 15.2. The number of benzene rings is 2. The number of terminal acetylenes is 1. The van der Waals surface area contributed by atoms with Gasteiger partial charge in [-0.1, -0.05) is 24.6 Å². The van der Waals surface area contributed by atoms with Gasteiger partial charge in [0.15, 0.2) is 5.71 Å². The lowest BCUT2D eigenvalue weighted by Crippen LogP contribution is -2.22. The molecule has 0 radical (unpaired) electrons. The number of hydrogen-bond donors (Lipinski definition) is 1. The summed E-state index contributed by atoms with van der Waals surface area (Å²) < 4.78 is 9.64. The topological polar surface area (TPSA) is 106 Å². The lowest BCUT2D eigenvalue weighted by atomic mass is 10.1. The summed E-state index contributed by atoms with van der Waals surface area (Å²) in [5.41, 5.74) is 0.419. The second-order valence-corrected chi connectivity index (χ2v) is 5.76. The predicted octanol–water partition coefficient (Wildman–Crippen LogP) is 2.31. The van der Waals surface area contributed by atoms with Gasteiger partial charge in [0.2, 0.25) is 0 Å². The number of methoxy groups -OCH3 is 1. The summed E-state index contributed by atoms with van der Waals surface area (Å²) in [6, 6.07) is 12.4. The molecular weight excluding hydrogens is 376 g/mol. The lowest BCUT2D eigenvalue weighted by molar-refractivity contribution is -0.129. The Morgan fingerprint density at radius 1 is 1.21 bits per heavy atom. The third-order valence-corrected chi connectivity index (χ3v) is 3.99. The van der Waals surface area contributed by atoms with Crippen molar-refractivity contribution in [1.29, 1.82) is 0 Å². The molecule has 144 valence electrons. The van der Waals surface area contributed by atoms with Gasteiger partial charge in [0.25, 0.3) is 5.91 Å². The number of amides is 1. The molecule has 2 aromatic rings. The average Bonchev–Trinajstić information content (AvgIpc) is 3.05. The van der Waals surface area contributed by atoms with Gasteiger partial charge in [0.1, 0.15) is 11.9 Å². The number of carbonyl (C=O) groups excluding carboxylic acids is 2. The molecule has 0 aromatic heterocycles. The first-order valence-electron chi connectivity index (χ1n) is 8.24. The summed E-state index contributed by atoms with van der Waals surface area (Å²) in [5.74, 6) is -2.15. The maximum absolute atomic E-state index is 12.9. The zero-order chi connectivity index (χ0) is 21.0. The van der Waals surface area contributed by atoms with Gasteiger partial charge in [-0.2, -0.15) is 10.1 Å². The molecule has 8 heteroatoms. The van der Waals surface area contributed by atoms with E-state index in [9.17, 15) is 14.4 Å². The number of anilines is 1. The standard InChI is InChI=1S/C21H14N2O6/c1-3-29-21(27)18-17(11-13-7-9-16(28-2)10-8-13)19(24)23(22-18)15-6-4-5-14(12-15)20(25)26/h1,4-12H,2H3,(H,25,26). The van der Waals surface area contributed by atoms with Gasteiger partial charge in [0, 0.05) is 0 Å². The van der Waals surface area contributed by atoms with Crippen molar-refractivity contribution >= 4 is 35.3 Å². The molecular formula is C21H14N2O6. The van der Waals surface area contributed by atoms with E-state index in [4.69, 9.17) is 16.3 Å². The van der Waals surface area contributed by atoms with Crippen LogP contribution in [-0.2, 0) is 14.3 Å². The molecule has 8 nitrogen and oxygen atoms in total. The van der Waals surface area contributed by atoms with Gasteiger partial charge < -0.3 is 14.6 Å². The fourth-order valence-electron chi connectivity index (χ4n) is 2.61. The molecule has 29 heavy (non-hydrogen) atoms. The molecule has 1 heterocycles. The Bertz CT molecular complexity index is 1090.